The first kappa shape index (κ1) is 98.2. The Labute approximate surface area is 782 Å². The molecule has 3 aromatic heterocycles. The number of hydrogen-bond acceptors (Lipinski definition) is 25. The number of aromatic nitrogens is 3. The molecule has 0 amide bonds. The van der Waals surface area contributed by atoms with Crippen LogP contribution in [0.1, 0.15) is 150 Å². The molecule has 10 aromatic rings. The molecule has 19 rings (SSSR count). The van der Waals surface area contributed by atoms with Crippen LogP contribution in [0.4, 0.5) is 26.3 Å². The number of aryl methyl sites for hydroxylation is 4. The van der Waals surface area contributed by atoms with Crippen LogP contribution in [0, 0.1) is 27.7 Å². The average molecular weight is 1910 g/mol. The predicted octanol–water partition coefficient (Wildman–Crippen LogP) is 17.7. The minimum absolute atomic E-state index is 0.000431. The number of hydrogen-bond donors (Lipinski definition) is 3. The summed E-state index contributed by atoms with van der Waals surface area (Å²) in [5, 5.41) is 18.7. The molecule has 3 atom stereocenters. The Morgan fingerprint density at radius 1 is 0.452 bits per heavy atom. The number of aliphatic hydroxyl groups excluding tert-OH is 2. The normalized spacial score (nSPS) is 20.2. The van der Waals surface area contributed by atoms with Crippen LogP contribution in [0.25, 0.3) is 22.5 Å². The number of aliphatic hydroxyl groups is 2. The van der Waals surface area contributed by atoms with Crippen LogP contribution in [0.5, 0.6) is 51.7 Å². The van der Waals surface area contributed by atoms with E-state index in [0.29, 0.717) is 115 Å². The number of ether oxygens (including phenoxy) is 13. The molecule has 0 radical (unpaired) electrons. The van der Waals surface area contributed by atoms with Gasteiger partial charge in [-0.25, -0.2) is 4.98 Å². The number of Topliss-reactive ketones (excluding diaryl/α,β-unsaturated/α-hetero) is 3. The zero-order valence-electron chi connectivity index (χ0n) is 76.2. The highest BCUT2D eigenvalue weighted by atomic mass is 35.5. The molecular weight excluding hydrogens is 1800 g/mol. The summed E-state index contributed by atoms with van der Waals surface area (Å²) in [5.74, 6) is 0.664. The monoisotopic (exact) mass is 1910 g/mol. The van der Waals surface area contributed by atoms with Crippen molar-refractivity contribution in [3.05, 3.63) is 249 Å². The first-order chi connectivity index (χ1) is 63.6. The van der Waals surface area contributed by atoms with Crippen molar-refractivity contribution in [2.75, 3.05) is 39.6 Å². The van der Waals surface area contributed by atoms with E-state index in [0.717, 1.165) is 56.0 Å². The minimum Gasteiger partial charge on any atom is -0.491 e. The molecule has 35 heteroatoms. The lowest BCUT2D eigenvalue weighted by Gasteiger charge is -2.32. The van der Waals surface area contributed by atoms with Crippen molar-refractivity contribution in [3.63, 3.8) is 0 Å². The zero-order chi connectivity index (χ0) is 96.8. The van der Waals surface area contributed by atoms with Crippen LogP contribution < -0.4 is 48.1 Å². The summed E-state index contributed by atoms with van der Waals surface area (Å²) in [4.78, 5) is 53.3. The Kier molecular flexibility index (Phi) is 27.9. The van der Waals surface area contributed by atoms with E-state index in [1.54, 1.807) is 48.5 Å². The van der Waals surface area contributed by atoms with Gasteiger partial charge in [-0.3, -0.25) is 28.9 Å². The molecule has 6 fully saturated rings. The van der Waals surface area contributed by atoms with E-state index in [4.69, 9.17) is 73.7 Å². The van der Waals surface area contributed by atoms with Gasteiger partial charge >= 0.3 is 26.0 Å². The lowest BCUT2D eigenvalue weighted by molar-refractivity contribution is -0.287. The third-order valence-corrected chi connectivity index (χ3v) is 26.0. The molecule has 9 aliphatic rings. The molecule has 0 unspecified atom stereocenters. The maximum absolute atomic E-state index is 13.5. The number of carbonyl (C=O) groups is 3. The smallest absolute Gasteiger partial charge is 0.491 e. The van der Waals surface area contributed by atoms with Gasteiger partial charge in [0.15, 0.2) is 46.1 Å². The summed E-state index contributed by atoms with van der Waals surface area (Å²) in [6.45, 7) is 24.9. The highest BCUT2D eigenvalue weighted by molar-refractivity contribution is 7.85. The summed E-state index contributed by atoms with van der Waals surface area (Å²) >= 11 is 6.01. The molecule has 6 aliphatic heterocycles. The van der Waals surface area contributed by atoms with E-state index in [1.165, 1.54) is 48.5 Å². The van der Waals surface area contributed by atoms with E-state index in [1.807, 2.05) is 146 Å². The van der Waals surface area contributed by atoms with Crippen molar-refractivity contribution in [3.8, 4) is 74.3 Å². The molecule has 135 heavy (non-hydrogen) atoms. The number of ketones is 3. The van der Waals surface area contributed by atoms with Crippen LogP contribution in [-0.2, 0) is 88.3 Å². The van der Waals surface area contributed by atoms with Crippen LogP contribution in [0.15, 0.2) is 193 Å². The number of benzene rings is 7. The molecule has 26 nitrogen and oxygen atoms in total. The standard InChI is InChI=1S/C30H29F2NO6.C27H25F2NO6.C18H27BO5.C18H14ClF2NO3.C7H8O3S/c1-18-4-8-21(15-26(34)29(12-13-29)20-7-11-24-25(14-20)39-30(31,32)38-24)33-27(18)19-5-9-22(10-6-19)35-16-23-17-36-28(2,3)37-23;1-16-2-6-19(30-25(16)17-3-7-21(8-4-17)34-15-20(32)14-31)13-24(33)26(10-11-26)18-5-9-22-23(12-18)36-27(28,29)35-22;1-16(2)17(3,4)24-19(23-16)13-7-9-14(10-8-13)20-11-15-12-21-18(5,6)22-15;1-10-2-4-12(22-16(10)19)9-15(23)17(6-7-17)11-3-5-13-14(8-11)25-18(20,21)24-13;1-6-2-4-7(5-3-6)11(8,9)10/h4-11,14,23H,12-13,15-17H2,1-3H3;2-9,12,20,31-32H,10-11,13-15H2,1H3;7-10,15H,11-12H2,1-6H3;2-5,8H,6-7,9H2,1H3;2-5H,1H3,(H,8,9,10)/t23-;20-;15-;;/m101../s1. The van der Waals surface area contributed by atoms with Gasteiger partial charge in [-0.2, -0.15) is 8.42 Å². The summed E-state index contributed by atoms with van der Waals surface area (Å²) in [6, 6.07) is 53.4. The first-order valence-corrected chi connectivity index (χ1v) is 45.8. The van der Waals surface area contributed by atoms with Crippen molar-refractivity contribution < 1.29 is 135 Å². The lowest BCUT2D eigenvalue weighted by atomic mass is 9.79. The third-order valence-electron chi connectivity index (χ3n) is 24.8. The number of fused-ring (bicyclic) bond motifs is 3. The number of rotatable bonds is 26. The molecule has 3 saturated heterocycles. The van der Waals surface area contributed by atoms with E-state index < -0.39 is 62.9 Å². The summed E-state index contributed by atoms with van der Waals surface area (Å²) in [6.07, 6.45) is -7.87. The second kappa shape index (κ2) is 38.4. The molecule has 714 valence electrons. The van der Waals surface area contributed by atoms with Crippen molar-refractivity contribution in [1.82, 2.24) is 15.0 Å². The second-order valence-electron chi connectivity index (χ2n) is 36.5. The number of alkyl halides is 6. The fourth-order valence-corrected chi connectivity index (χ4v) is 16.7. The number of pyridine rings is 3. The molecular formula is C100H103BClF6N3O23S. The Morgan fingerprint density at radius 2 is 0.793 bits per heavy atom. The van der Waals surface area contributed by atoms with Crippen molar-refractivity contribution >= 4 is 51.6 Å². The maximum atomic E-state index is 13.5. The Hall–Kier alpha value is -11.3. The van der Waals surface area contributed by atoms with Gasteiger partial charge in [0.1, 0.15) is 77.9 Å². The van der Waals surface area contributed by atoms with Crippen LogP contribution in [-0.4, -0.2) is 162 Å². The quantitative estimate of drug-likeness (QED) is 0.0196. The summed E-state index contributed by atoms with van der Waals surface area (Å²) in [7, 11) is -4.37. The third kappa shape index (κ3) is 23.5. The lowest BCUT2D eigenvalue weighted by Crippen LogP contribution is -2.41. The van der Waals surface area contributed by atoms with Gasteiger partial charge in [-0.15, -0.1) is 26.3 Å². The maximum Gasteiger partial charge on any atom is 0.586 e. The Balaban J connectivity index is 0.000000134. The molecule has 3 aliphatic carbocycles. The SMILES string of the molecule is CC1(C)OC[C@@H](COc2ccc(B3OC(C)(C)C(C)(C)O3)cc2)O1.Cc1ccc(CC(=O)C2(c3ccc4c(c3)OC(F)(F)O4)CC2)nc1-c1ccc(OC[C@@H](O)CO)cc1.Cc1ccc(CC(=O)C2(c3ccc4c(c3)OC(F)(F)O4)CC2)nc1-c1ccc(OC[C@@H]2COC(C)(C)O2)cc1.Cc1ccc(CC(=O)C2(c3ccc4c(c3)OC(F)(F)O4)CC2)nc1Cl.Cc1ccc(S(=O)(=O)O)cc1. The molecule has 7 aromatic carbocycles. The van der Waals surface area contributed by atoms with Gasteiger partial charge in [0.2, 0.25) is 0 Å². The van der Waals surface area contributed by atoms with Gasteiger partial charge in [0.05, 0.1) is 63.6 Å². The van der Waals surface area contributed by atoms with Crippen LogP contribution >= 0.6 is 11.6 Å². The fraction of sp³-hybridized carbons (Fsp3) is 0.400. The molecule has 0 spiro atoms. The Morgan fingerprint density at radius 3 is 1.13 bits per heavy atom. The van der Waals surface area contributed by atoms with Gasteiger partial charge in [0.25, 0.3) is 10.1 Å². The minimum atomic E-state index is -4.02. The van der Waals surface area contributed by atoms with Crippen molar-refractivity contribution in [2.24, 2.45) is 0 Å². The van der Waals surface area contributed by atoms with E-state index in [2.05, 4.69) is 61.1 Å². The van der Waals surface area contributed by atoms with E-state index >= 15 is 0 Å². The summed E-state index contributed by atoms with van der Waals surface area (Å²) < 4.78 is 188. The van der Waals surface area contributed by atoms with Gasteiger partial charge in [0, 0.05) is 47.5 Å². The van der Waals surface area contributed by atoms with Crippen molar-refractivity contribution in [2.45, 2.75) is 222 Å². The highest BCUT2D eigenvalue weighted by Gasteiger charge is 2.57. The first-order valence-electron chi connectivity index (χ1n) is 44.0. The molecule has 0 bridgehead atoms. The molecule has 9 heterocycles. The fourth-order valence-electron chi connectivity index (χ4n) is 16.0. The van der Waals surface area contributed by atoms with Crippen molar-refractivity contribution in [1.29, 1.82) is 0 Å². The highest BCUT2D eigenvalue weighted by Crippen LogP contribution is 2.56. The van der Waals surface area contributed by atoms with Gasteiger partial charge in [-0.05, 0) is 288 Å². The second-order valence-corrected chi connectivity index (χ2v) is 38.3. The Bertz CT molecular complexity index is 6150. The van der Waals surface area contributed by atoms with Crippen LogP contribution in [0.3, 0.4) is 0 Å². The van der Waals surface area contributed by atoms with Gasteiger partial charge < -0.3 is 81.1 Å². The zero-order valence-corrected chi connectivity index (χ0v) is 77.8. The van der Waals surface area contributed by atoms with E-state index in [-0.39, 0.29) is 120 Å². The topological polar surface area (TPSA) is 323 Å². The summed E-state index contributed by atoms with van der Waals surface area (Å²) in [5.41, 5.74) is 9.02. The van der Waals surface area contributed by atoms with E-state index in [9.17, 15) is 54.3 Å². The van der Waals surface area contributed by atoms with Crippen LogP contribution in [0.2, 0.25) is 5.15 Å². The molecule has 3 N–H and O–H groups in total. The number of halogens is 7. The average Bonchev–Trinajstić information content (AvgIpc) is 1.59. The largest absolute Gasteiger partial charge is 0.586 e. The predicted molar refractivity (Wildman–Crippen MR) is 482 cm³/mol. The molecule has 3 saturated carbocycles. The van der Waals surface area contributed by atoms with Gasteiger partial charge in [-0.1, -0.05) is 77.8 Å². The number of nitrogens with zero attached hydrogens (tertiary/aromatic N) is 3. The number of carbonyl (C=O) groups excluding carboxylic acids is 3.